The fraction of sp³-hybridized carbons (Fsp3) is 0.571. The third-order valence-corrected chi connectivity index (χ3v) is 2.87. The Hall–Kier alpha value is -1.58. The molecule has 0 aliphatic carbocycles. The molecule has 1 amide bonds. The van der Waals surface area contributed by atoms with Gasteiger partial charge in [-0.3, -0.25) is 9.59 Å². The van der Waals surface area contributed by atoms with Crippen molar-refractivity contribution in [3.8, 4) is 0 Å². The van der Waals surface area contributed by atoms with Crippen LogP contribution in [-0.4, -0.2) is 17.4 Å². The zero-order valence-electron chi connectivity index (χ0n) is 11.6. The van der Waals surface area contributed by atoms with E-state index in [1.165, 1.54) is 0 Å². The first-order valence-electron chi connectivity index (χ1n) is 6.52. The van der Waals surface area contributed by atoms with Gasteiger partial charge >= 0.3 is 0 Å². The van der Waals surface area contributed by atoms with Gasteiger partial charge in [0.15, 0.2) is 0 Å². The molecule has 0 saturated heterocycles. The van der Waals surface area contributed by atoms with Crippen molar-refractivity contribution in [2.75, 3.05) is 6.54 Å². The number of carbonyl (C=O) groups excluding carboxylic acids is 1. The number of carbonyl (C=O) groups is 1. The summed E-state index contributed by atoms with van der Waals surface area (Å²) in [6.07, 6.45) is 1.58. The summed E-state index contributed by atoms with van der Waals surface area (Å²) < 4.78 is 0. The summed E-state index contributed by atoms with van der Waals surface area (Å²) in [5, 5.41) is 2.77. The van der Waals surface area contributed by atoms with Crippen LogP contribution in [-0.2, 0) is 12.8 Å². The fourth-order valence-electron chi connectivity index (χ4n) is 1.80. The number of H-pyrrole nitrogens is 1. The quantitative estimate of drug-likeness (QED) is 0.838. The van der Waals surface area contributed by atoms with E-state index in [1.54, 1.807) is 6.07 Å². The van der Waals surface area contributed by atoms with Gasteiger partial charge in [-0.05, 0) is 30.4 Å². The van der Waals surface area contributed by atoms with Crippen LogP contribution >= 0.6 is 0 Å². The highest BCUT2D eigenvalue weighted by Gasteiger charge is 2.13. The van der Waals surface area contributed by atoms with Crippen LogP contribution in [0, 0.1) is 5.92 Å². The van der Waals surface area contributed by atoms with Crippen LogP contribution in [0.15, 0.2) is 10.9 Å². The number of aromatic nitrogens is 1. The molecular weight excluding hydrogens is 228 g/mol. The second kappa shape index (κ2) is 6.38. The zero-order chi connectivity index (χ0) is 13.7. The molecular formula is C14H22N2O2. The van der Waals surface area contributed by atoms with E-state index < -0.39 is 0 Å². The fourth-order valence-corrected chi connectivity index (χ4v) is 1.80. The molecule has 18 heavy (non-hydrogen) atoms. The van der Waals surface area contributed by atoms with Crippen LogP contribution in [0.1, 0.15) is 49.3 Å². The van der Waals surface area contributed by atoms with E-state index in [9.17, 15) is 9.59 Å². The van der Waals surface area contributed by atoms with E-state index in [4.69, 9.17) is 0 Å². The first kappa shape index (κ1) is 14.5. The number of rotatable bonds is 5. The number of pyridine rings is 1. The summed E-state index contributed by atoms with van der Waals surface area (Å²) in [7, 11) is 0. The molecule has 1 aromatic rings. The predicted molar refractivity (Wildman–Crippen MR) is 73.0 cm³/mol. The molecule has 1 rings (SSSR count). The van der Waals surface area contributed by atoms with E-state index >= 15 is 0 Å². The molecule has 0 fully saturated rings. The van der Waals surface area contributed by atoms with Crippen molar-refractivity contribution in [2.24, 2.45) is 5.92 Å². The van der Waals surface area contributed by atoms with E-state index in [-0.39, 0.29) is 17.0 Å². The third-order valence-electron chi connectivity index (χ3n) is 2.87. The molecule has 100 valence electrons. The average Bonchev–Trinajstić information content (AvgIpc) is 2.35. The summed E-state index contributed by atoms with van der Waals surface area (Å²) >= 11 is 0. The van der Waals surface area contributed by atoms with Crippen molar-refractivity contribution >= 4 is 5.91 Å². The van der Waals surface area contributed by atoms with Gasteiger partial charge in [-0.15, -0.1) is 0 Å². The van der Waals surface area contributed by atoms with Gasteiger partial charge in [0.2, 0.25) is 0 Å². The number of hydrogen-bond acceptors (Lipinski definition) is 2. The van der Waals surface area contributed by atoms with Crippen LogP contribution in [0.3, 0.4) is 0 Å². The molecule has 0 spiro atoms. The lowest BCUT2D eigenvalue weighted by atomic mass is 10.1. The molecule has 0 aromatic carbocycles. The van der Waals surface area contributed by atoms with E-state index in [2.05, 4.69) is 10.3 Å². The number of nitrogens with one attached hydrogen (secondary N) is 2. The highest BCUT2D eigenvalue weighted by molar-refractivity contribution is 5.94. The van der Waals surface area contributed by atoms with E-state index in [0.717, 1.165) is 24.1 Å². The minimum absolute atomic E-state index is 0.213. The molecule has 0 unspecified atom stereocenters. The van der Waals surface area contributed by atoms with Crippen LogP contribution in [0.5, 0.6) is 0 Å². The Morgan fingerprint density at radius 3 is 2.50 bits per heavy atom. The first-order chi connectivity index (χ1) is 8.49. The number of hydrogen-bond donors (Lipinski definition) is 2. The summed E-state index contributed by atoms with van der Waals surface area (Å²) in [6.45, 7) is 8.62. The van der Waals surface area contributed by atoms with Crippen molar-refractivity contribution in [3.05, 3.63) is 33.2 Å². The topological polar surface area (TPSA) is 62.0 Å². The van der Waals surface area contributed by atoms with Crippen LogP contribution in [0.2, 0.25) is 0 Å². The summed E-state index contributed by atoms with van der Waals surface area (Å²) in [5.74, 6) is 0.0795. The Bertz CT molecular complexity index is 475. The maximum Gasteiger partial charge on any atom is 0.261 e. The second-order valence-corrected chi connectivity index (χ2v) is 4.83. The number of amides is 1. The van der Waals surface area contributed by atoms with Gasteiger partial charge in [0.05, 0.1) is 0 Å². The summed E-state index contributed by atoms with van der Waals surface area (Å²) in [6, 6.07) is 1.72. The summed E-state index contributed by atoms with van der Waals surface area (Å²) in [5.41, 5.74) is 1.87. The molecule has 0 bridgehead atoms. The predicted octanol–water partition coefficient (Wildman–Crippen LogP) is 1.89. The minimum Gasteiger partial charge on any atom is -0.352 e. The Morgan fingerprint density at radius 1 is 1.33 bits per heavy atom. The highest BCUT2D eigenvalue weighted by Crippen LogP contribution is 2.07. The van der Waals surface area contributed by atoms with Gasteiger partial charge in [-0.2, -0.15) is 0 Å². The van der Waals surface area contributed by atoms with Crippen molar-refractivity contribution < 1.29 is 4.79 Å². The second-order valence-electron chi connectivity index (χ2n) is 4.83. The lowest BCUT2D eigenvalue weighted by Gasteiger charge is -2.10. The average molecular weight is 250 g/mol. The van der Waals surface area contributed by atoms with E-state index in [0.29, 0.717) is 12.5 Å². The van der Waals surface area contributed by atoms with Crippen molar-refractivity contribution in [3.63, 3.8) is 0 Å². The summed E-state index contributed by atoms with van der Waals surface area (Å²) in [4.78, 5) is 26.5. The normalized spacial score (nSPS) is 10.7. The van der Waals surface area contributed by atoms with Gasteiger partial charge in [0.1, 0.15) is 5.56 Å². The molecule has 0 aliphatic rings. The number of aryl methyl sites for hydroxylation is 2. The van der Waals surface area contributed by atoms with Gasteiger partial charge in [0, 0.05) is 12.2 Å². The molecule has 0 saturated carbocycles. The third kappa shape index (κ3) is 3.45. The number of aromatic amines is 1. The van der Waals surface area contributed by atoms with Gasteiger partial charge in [0.25, 0.3) is 11.5 Å². The lowest BCUT2D eigenvalue weighted by Crippen LogP contribution is -2.32. The Morgan fingerprint density at radius 2 is 2.00 bits per heavy atom. The van der Waals surface area contributed by atoms with Crippen molar-refractivity contribution in [1.29, 1.82) is 0 Å². The molecule has 0 aliphatic heterocycles. The smallest absolute Gasteiger partial charge is 0.261 e. The van der Waals surface area contributed by atoms with Crippen molar-refractivity contribution in [1.82, 2.24) is 10.3 Å². The standard InChI is InChI=1S/C14H22N2O2/c1-5-10-7-11(13(17)15-8-9(3)4)14(18)16-12(10)6-2/h7,9H,5-6,8H2,1-4H3,(H,15,17)(H,16,18). The Labute approximate surface area is 108 Å². The molecule has 1 aromatic heterocycles. The first-order valence-corrected chi connectivity index (χ1v) is 6.52. The molecule has 4 nitrogen and oxygen atoms in total. The molecule has 0 radical (unpaired) electrons. The monoisotopic (exact) mass is 250 g/mol. The zero-order valence-corrected chi connectivity index (χ0v) is 11.6. The lowest BCUT2D eigenvalue weighted by molar-refractivity contribution is 0.0947. The molecule has 4 heteroatoms. The SMILES string of the molecule is CCc1cc(C(=O)NCC(C)C)c(=O)[nH]c1CC. The maximum atomic E-state index is 11.9. The van der Waals surface area contributed by atoms with Gasteiger partial charge in [-0.25, -0.2) is 0 Å². The largest absolute Gasteiger partial charge is 0.352 e. The molecule has 0 atom stereocenters. The van der Waals surface area contributed by atoms with Crippen LogP contribution < -0.4 is 10.9 Å². The molecule has 2 N–H and O–H groups in total. The van der Waals surface area contributed by atoms with E-state index in [1.807, 2.05) is 27.7 Å². The maximum absolute atomic E-state index is 11.9. The highest BCUT2D eigenvalue weighted by atomic mass is 16.2. The Balaban J connectivity index is 3.02. The van der Waals surface area contributed by atoms with Crippen LogP contribution in [0.25, 0.3) is 0 Å². The van der Waals surface area contributed by atoms with Gasteiger partial charge < -0.3 is 10.3 Å². The van der Waals surface area contributed by atoms with Crippen molar-refractivity contribution in [2.45, 2.75) is 40.5 Å². The van der Waals surface area contributed by atoms with Gasteiger partial charge in [-0.1, -0.05) is 27.7 Å². The molecule has 1 heterocycles. The Kier molecular flexibility index (Phi) is 5.13. The van der Waals surface area contributed by atoms with Crippen LogP contribution in [0.4, 0.5) is 0 Å². The minimum atomic E-state index is -0.301.